The molecule has 1 fully saturated rings. The maximum Gasteiger partial charge on any atom is 0.00967 e. The van der Waals surface area contributed by atoms with E-state index in [0.717, 1.165) is 0 Å². The standard InChI is InChI=1S/C16H27NS/c1-5-13-7-8-14(18-13)11-16(9-6-10-16)12-17-15(2,3)4/h7-8,17H,5-6,9-12H2,1-4H3. The van der Waals surface area contributed by atoms with Crippen LogP contribution in [0, 0.1) is 5.41 Å². The molecule has 0 amide bonds. The highest BCUT2D eigenvalue weighted by Crippen LogP contribution is 2.44. The van der Waals surface area contributed by atoms with Gasteiger partial charge in [0, 0.05) is 21.8 Å². The Morgan fingerprint density at radius 3 is 2.33 bits per heavy atom. The van der Waals surface area contributed by atoms with Crippen molar-refractivity contribution >= 4 is 11.3 Å². The summed E-state index contributed by atoms with van der Waals surface area (Å²) in [5, 5.41) is 3.71. The number of aryl methyl sites for hydroxylation is 1. The molecule has 1 aromatic rings. The number of nitrogens with one attached hydrogen (secondary N) is 1. The van der Waals surface area contributed by atoms with E-state index < -0.39 is 0 Å². The molecule has 1 heterocycles. The topological polar surface area (TPSA) is 12.0 Å². The molecule has 1 aromatic heterocycles. The third-order valence-corrected chi connectivity index (χ3v) is 5.25. The van der Waals surface area contributed by atoms with Crippen molar-refractivity contribution in [3.63, 3.8) is 0 Å². The van der Waals surface area contributed by atoms with Crippen LogP contribution < -0.4 is 5.32 Å². The second kappa shape index (κ2) is 5.34. The van der Waals surface area contributed by atoms with E-state index in [1.54, 1.807) is 4.88 Å². The predicted octanol–water partition coefficient (Wildman–Crippen LogP) is 4.41. The molecular formula is C16H27NS. The largest absolute Gasteiger partial charge is 0.312 e. The first-order valence-corrected chi connectivity index (χ1v) is 8.07. The van der Waals surface area contributed by atoms with Gasteiger partial charge in [0.05, 0.1) is 0 Å². The van der Waals surface area contributed by atoms with Gasteiger partial charge in [-0.15, -0.1) is 11.3 Å². The summed E-state index contributed by atoms with van der Waals surface area (Å²) in [6.07, 6.45) is 6.67. The van der Waals surface area contributed by atoms with Crippen molar-refractivity contribution in [3.05, 3.63) is 21.9 Å². The molecule has 2 heteroatoms. The van der Waals surface area contributed by atoms with E-state index in [0.29, 0.717) is 5.41 Å². The third-order valence-electron chi connectivity index (χ3n) is 4.02. The molecule has 0 bridgehead atoms. The van der Waals surface area contributed by atoms with Crippen LogP contribution in [0.5, 0.6) is 0 Å². The summed E-state index contributed by atoms with van der Waals surface area (Å²) in [4.78, 5) is 3.12. The summed E-state index contributed by atoms with van der Waals surface area (Å²) in [5.74, 6) is 0. The monoisotopic (exact) mass is 265 g/mol. The van der Waals surface area contributed by atoms with E-state index in [-0.39, 0.29) is 5.54 Å². The van der Waals surface area contributed by atoms with Crippen LogP contribution in [0.1, 0.15) is 56.7 Å². The Morgan fingerprint density at radius 2 is 1.89 bits per heavy atom. The second-order valence-electron chi connectivity index (χ2n) is 6.86. The summed E-state index contributed by atoms with van der Waals surface area (Å²) in [7, 11) is 0. The Bertz CT molecular complexity index is 382. The van der Waals surface area contributed by atoms with Gasteiger partial charge in [-0.2, -0.15) is 0 Å². The Morgan fingerprint density at radius 1 is 1.22 bits per heavy atom. The van der Waals surface area contributed by atoms with Crippen molar-refractivity contribution in [1.29, 1.82) is 0 Å². The first kappa shape index (κ1) is 14.1. The Kier molecular flexibility index (Phi) is 4.18. The average molecular weight is 265 g/mol. The molecule has 0 aromatic carbocycles. The van der Waals surface area contributed by atoms with Crippen molar-refractivity contribution < 1.29 is 0 Å². The minimum absolute atomic E-state index is 0.243. The van der Waals surface area contributed by atoms with Gasteiger partial charge in [-0.05, 0) is 64.0 Å². The van der Waals surface area contributed by atoms with Gasteiger partial charge in [-0.1, -0.05) is 13.3 Å². The summed E-state index contributed by atoms with van der Waals surface area (Å²) >= 11 is 2.01. The molecule has 18 heavy (non-hydrogen) atoms. The fraction of sp³-hybridized carbons (Fsp3) is 0.750. The maximum atomic E-state index is 3.71. The highest BCUT2D eigenvalue weighted by molar-refractivity contribution is 7.11. The van der Waals surface area contributed by atoms with Crippen LogP contribution in [-0.2, 0) is 12.8 Å². The van der Waals surface area contributed by atoms with Gasteiger partial charge in [0.1, 0.15) is 0 Å². The van der Waals surface area contributed by atoms with Crippen molar-refractivity contribution in [2.45, 2.75) is 65.3 Å². The molecule has 0 saturated heterocycles. The molecule has 2 rings (SSSR count). The lowest BCUT2D eigenvalue weighted by molar-refractivity contribution is 0.119. The molecule has 1 aliphatic rings. The molecule has 0 atom stereocenters. The quantitative estimate of drug-likeness (QED) is 0.831. The molecule has 0 spiro atoms. The fourth-order valence-electron chi connectivity index (χ4n) is 2.62. The highest BCUT2D eigenvalue weighted by Gasteiger charge is 2.37. The Hall–Kier alpha value is -0.340. The summed E-state index contributed by atoms with van der Waals surface area (Å²) < 4.78 is 0. The van der Waals surface area contributed by atoms with E-state index in [4.69, 9.17) is 0 Å². The highest BCUT2D eigenvalue weighted by atomic mass is 32.1. The first-order chi connectivity index (χ1) is 8.42. The molecule has 1 N–H and O–H groups in total. The molecule has 1 nitrogen and oxygen atoms in total. The minimum Gasteiger partial charge on any atom is -0.312 e. The lowest BCUT2D eigenvalue weighted by Gasteiger charge is -2.44. The van der Waals surface area contributed by atoms with Crippen LogP contribution in [0.2, 0.25) is 0 Å². The smallest absolute Gasteiger partial charge is 0.00967 e. The molecule has 1 saturated carbocycles. The lowest BCUT2D eigenvalue weighted by Crippen LogP contribution is -2.47. The Balaban J connectivity index is 1.95. The number of rotatable bonds is 5. The summed E-state index contributed by atoms with van der Waals surface area (Å²) in [6.45, 7) is 10.2. The number of hydrogen-bond donors (Lipinski definition) is 1. The van der Waals surface area contributed by atoms with Crippen LogP contribution >= 0.6 is 11.3 Å². The summed E-state index contributed by atoms with van der Waals surface area (Å²) in [5.41, 5.74) is 0.787. The van der Waals surface area contributed by atoms with Crippen molar-refractivity contribution in [1.82, 2.24) is 5.32 Å². The molecule has 0 aliphatic heterocycles. The molecule has 0 unspecified atom stereocenters. The zero-order valence-corrected chi connectivity index (χ0v) is 13.1. The average Bonchev–Trinajstić information content (AvgIpc) is 2.68. The van der Waals surface area contributed by atoms with E-state index in [1.165, 1.54) is 43.5 Å². The minimum atomic E-state index is 0.243. The van der Waals surface area contributed by atoms with Gasteiger partial charge in [-0.25, -0.2) is 0 Å². The van der Waals surface area contributed by atoms with Crippen LogP contribution in [0.25, 0.3) is 0 Å². The normalized spacial score (nSPS) is 18.7. The van der Waals surface area contributed by atoms with E-state index in [1.807, 2.05) is 11.3 Å². The molecule has 0 radical (unpaired) electrons. The second-order valence-corrected chi connectivity index (χ2v) is 8.11. The van der Waals surface area contributed by atoms with Gasteiger partial charge < -0.3 is 5.32 Å². The zero-order valence-electron chi connectivity index (χ0n) is 12.3. The van der Waals surface area contributed by atoms with Gasteiger partial charge in [0.15, 0.2) is 0 Å². The number of thiophene rings is 1. The van der Waals surface area contributed by atoms with Gasteiger partial charge >= 0.3 is 0 Å². The van der Waals surface area contributed by atoms with Gasteiger partial charge in [-0.3, -0.25) is 0 Å². The first-order valence-electron chi connectivity index (χ1n) is 7.25. The van der Waals surface area contributed by atoms with Crippen LogP contribution in [0.4, 0.5) is 0 Å². The fourth-order valence-corrected chi connectivity index (χ4v) is 3.75. The molecule has 102 valence electrons. The van der Waals surface area contributed by atoms with Gasteiger partial charge in [0.2, 0.25) is 0 Å². The van der Waals surface area contributed by atoms with E-state index >= 15 is 0 Å². The van der Waals surface area contributed by atoms with Crippen molar-refractivity contribution in [2.24, 2.45) is 5.41 Å². The predicted molar refractivity (Wildman–Crippen MR) is 81.4 cm³/mol. The summed E-state index contributed by atoms with van der Waals surface area (Å²) in [6, 6.07) is 4.66. The number of hydrogen-bond acceptors (Lipinski definition) is 2. The van der Waals surface area contributed by atoms with E-state index in [9.17, 15) is 0 Å². The van der Waals surface area contributed by atoms with E-state index in [2.05, 4.69) is 45.1 Å². The third kappa shape index (κ3) is 3.58. The lowest BCUT2D eigenvalue weighted by atomic mass is 9.66. The molecule has 1 aliphatic carbocycles. The van der Waals surface area contributed by atoms with Crippen molar-refractivity contribution in [2.75, 3.05) is 6.54 Å². The van der Waals surface area contributed by atoms with Crippen molar-refractivity contribution in [3.8, 4) is 0 Å². The van der Waals surface area contributed by atoms with Crippen LogP contribution in [0.15, 0.2) is 12.1 Å². The zero-order chi connectivity index (χ0) is 13.2. The Labute approximate surface area is 116 Å². The van der Waals surface area contributed by atoms with Crippen LogP contribution in [0.3, 0.4) is 0 Å². The van der Waals surface area contributed by atoms with Gasteiger partial charge in [0.25, 0.3) is 0 Å². The van der Waals surface area contributed by atoms with Crippen LogP contribution in [-0.4, -0.2) is 12.1 Å². The maximum absolute atomic E-state index is 3.71. The SMILES string of the molecule is CCc1ccc(CC2(CNC(C)(C)C)CCC2)s1. The molecular weight excluding hydrogens is 238 g/mol.